The molecule has 102 valence electrons. The van der Waals surface area contributed by atoms with E-state index < -0.39 is 11.5 Å². The molecule has 0 aromatic heterocycles. The summed E-state index contributed by atoms with van der Waals surface area (Å²) in [5, 5.41) is 12.7. The first kappa shape index (κ1) is 13.3. The van der Waals surface area contributed by atoms with Crippen molar-refractivity contribution in [2.45, 2.75) is 57.0 Å². The lowest BCUT2D eigenvalue weighted by molar-refractivity contribution is -0.157. The zero-order valence-corrected chi connectivity index (χ0v) is 10.9. The summed E-state index contributed by atoms with van der Waals surface area (Å²) in [7, 11) is 0. The van der Waals surface area contributed by atoms with E-state index in [9.17, 15) is 14.7 Å². The van der Waals surface area contributed by atoms with Gasteiger partial charge in [-0.1, -0.05) is 13.3 Å². The number of nitrogens with zero attached hydrogens (tertiary/aromatic N) is 1. The van der Waals surface area contributed by atoms with E-state index in [4.69, 9.17) is 0 Å². The monoisotopic (exact) mass is 254 g/mol. The zero-order chi connectivity index (χ0) is 13.2. The SMILES string of the molecule is CCC1(C(=O)O)CCCN1C(=O)C1CCCCN1. The predicted molar refractivity (Wildman–Crippen MR) is 67.2 cm³/mol. The number of rotatable bonds is 3. The first-order chi connectivity index (χ1) is 8.62. The van der Waals surface area contributed by atoms with Crippen molar-refractivity contribution in [3.63, 3.8) is 0 Å². The fourth-order valence-electron chi connectivity index (χ4n) is 3.19. The van der Waals surface area contributed by atoms with Gasteiger partial charge in [0.15, 0.2) is 0 Å². The maximum absolute atomic E-state index is 12.5. The first-order valence-electron chi connectivity index (χ1n) is 6.90. The van der Waals surface area contributed by atoms with Crippen molar-refractivity contribution in [2.24, 2.45) is 0 Å². The van der Waals surface area contributed by atoms with Gasteiger partial charge in [0.25, 0.3) is 0 Å². The standard InChI is InChI=1S/C13H22N2O3/c1-2-13(12(17)18)7-5-9-15(13)11(16)10-6-3-4-8-14-10/h10,14H,2-9H2,1H3,(H,17,18). The first-order valence-corrected chi connectivity index (χ1v) is 6.90. The average Bonchev–Trinajstić information content (AvgIpc) is 2.84. The Bertz CT molecular complexity index is 339. The van der Waals surface area contributed by atoms with Gasteiger partial charge in [0.05, 0.1) is 6.04 Å². The van der Waals surface area contributed by atoms with Crippen molar-refractivity contribution in [2.75, 3.05) is 13.1 Å². The summed E-state index contributed by atoms with van der Waals surface area (Å²) in [4.78, 5) is 25.6. The lowest BCUT2D eigenvalue weighted by atomic mass is 9.92. The van der Waals surface area contributed by atoms with Gasteiger partial charge in [-0.25, -0.2) is 4.79 Å². The highest BCUT2D eigenvalue weighted by Crippen LogP contribution is 2.33. The minimum Gasteiger partial charge on any atom is -0.479 e. The Hall–Kier alpha value is -1.10. The molecule has 2 N–H and O–H groups in total. The average molecular weight is 254 g/mol. The third-order valence-corrected chi connectivity index (χ3v) is 4.35. The topological polar surface area (TPSA) is 69.6 Å². The van der Waals surface area contributed by atoms with Gasteiger partial charge >= 0.3 is 5.97 Å². The lowest BCUT2D eigenvalue weighted by Crippen LogP contribution is -2.58. The number of likely N-dealkylation sites (tertiary alicyclic amines) is 1. The molecule has 0 bridgehead atoms. The number of carbonyl (C=O) groups is 2. The number of hydrogen-bond donors (Lipinski definition) is 2. The van der Waals surface area contributed by atoms with Crippen LogP contribution < -0.4 is 5.32 Å². The van der Waals surface area contributed by atoms with Crippen LogP contribution in [0, 0.1) is 0 Å². The highest BCUT2D eigenvalue weighted by atomic mass is 16.4. The molecule has 18 heavy (non-hydrogen) atoms. The molecule has 0 saturated carbocycles. The van der Waals surface area contributed by atoms with E-state index in [2.05, 4.69) is 5.32 Å². The number of nitrogens with one attached hydrogen (secondary N) is 1. The molecule has 2 fully saturated rings. The second-order valence-corrected chi connectivity index (χ2v) is 5.29. The van der Waals surface area contributed by atoms with Crippen LogP contribution in [0.25, 0.3) is 0 Å². The summed E-state index contributed by atoms with van der Waals surface area (Å²) in [6, 6.07) is -0.179. The minimum absolute atomic E-state index is 0.0172. The number of aliphatic carboxylic acids is 1. The van der Waals surface area contributed by atoms with Gasteiger partial charge in [0.1, 0.15) is 5.54 Å². The summed E-state index contributed by atoms with van der Waals surface area (Å²) in [5.41, 5.74) is -0.962. The Labute approximate surface area is 108 Å². The smallest absolute Gasteiger partial charge is 0.329 e. The van der Waals surface area contributed by atoms with E-state index >= 15 is 0 Å². The molecule has 1 amide bonds. The molecule has 0 aromatic rings. The molecule has 0 aromatic carbocycles. The third kappa shape index (κ3) is 2.11. The highest BCUT2D eigenvalue weighted by molar-refractivity contribution is 5.90. The van der Waals surface area contributed by atoms with Crippen LogP contribution in [-0.4, -0.2) is 46.6 Å². The Morgan fingerprint density at radius 1 is 1.39 bits per heavy atom. The van der Waals surface area contributed by atoms with E-state index in [-0.39, 0.29) is 11.9 Å². The van der Waals surface area contributed by atoms with Crippen molar-refractivity contribution >= 4 is 11.9 Å². The molecule has 5 heteroatoms. The van der Waals surface area contributed by atoms with Gasteiger partial charge in [-0.05, 0) is 38.6 Å². The van der Waals surface area contributed by atoms with Crippen LogP contribution in [-0.2, 0) is 9.59 Å². The Balaban J connectivity index is 2.15. The van der Waals surface area contributed by atoms with Crippen molar-refractivity contribution in [3.05, 3.63) is 0 Å². The number of amides is 1. The fraction of sp³-hybridized carbons (Fsp3) is 0.846. The minimum atomic E-state index is -0.962. The lowest BCUT2D eigenvalue weighted by Gasteiger charge is -2.37. The Kier molecular flexibility index (Phi) is 3.90. The molecule has 2 unspecified atom stereocenters. The number of hydrogen-bond acceptors (Lipinski definition) is 3. The van der Waals surface area contributed by atoms with Crippen molar-refractivity contribution < 1.29 is 14.7 Å². The summed E-state index contributed by atoms with van der Waals surface area (Å²) in [6.07, 6.45) is 4.83. The van der Waals surface area contributed by atoms with Crippen LogP contribution in [0.1, 0.15) is 45.4 Å². The molecular weight excluding hydrogens is 232 g/mol. The van der Waals surface area contributed by atoms with Gasteiger partial charge in [0, 0.05) is 6.54 Å². The molecule has 2 atom stereocenters. The molecular formula is C13H22N2O3. The van der Waals surface area contributed by atoms with Gasteiger partial charge in [-0.2, -0.15) is 0 Å². The second kappa shape index (κ2) is 5.26. The molecule has 2 heterocycles. The number of carboxylic acids is 1. The second-order valence-electron chi connectivity index (χ2n) is 5.29. The van der Waals surface area contributed by atoms with Crippen molar-refractivity contribution in [1.29, 1.82) is 0 Å². The molecule has 5 nitrogen and oxygen atoms in total. The maximum atomic E-state index is 12.5. The Morgan fingerprint density at radius 3 is 2.72 bits per heavy atom. The number of carbonyl (C=O) groups excluding carboxylic acids is 1. The third-order valence-electron chi connectivity index (χ3n) is 4.35. The molecule has 0 spiro atoms. The molecule has 0 radical (unpaired) electrons. The van der Waals surface area contributed by atoms with E-state index in [1.54, 1.807) is 4.90 Å². The Morgan fingerprint density at radius 2 is 2.17 bits per heavy atom. The maximum Gasteiger partial charge on any atom is 0.329 e. The molecule has 0 aliphatic carbocycles. The predicted octanol–water partition coefficient (Wildman–Crippen LogP) is 0.984. The van der Waals surface area contributed by atoms with Gasteiger partial charge in [-0.3, -0.25) is 4.79 Å². The van der Waals surface area contributed by atoms with E-state index in [1.165, 1.54) is 0 Å². The number of piperidine rings is 1. The summed E-state index contributed by atoms with van der Waals surface area (Å²) >= 11 is 0. The van der Waals surface area contributed by atoms with Crippen molar-refractivity contribution in [3.8, 4) is 0 Å². The van der Waals surface area contributed by atoms with E-state index in [1.807, 2.05) is 6.92 Å². The molecule has 2 aliphatic rings. The summed E-state index contributed by atoms with van der Waals surface area (Å²) < 4.78 is 0. The van der Waals surface area contributed by atoms with Crippen molar-refractivity contribution in [1.82, 2.24) is 10.2 Å². The van der Waals surface area contributed by atoms with Crippen LogP contribution in [0.5, 0.6) is 0 Å². The van der Waals surface area contributed by atoms with Gasteiger partial charge < -0.3 is 15.3 Å². The fourth-order valence-corrected chi connectivity index (χ4v) is 3.19. The van der Waals surface area contributed by atoms with E-state index in [0.717, 1.165) is 32.2 Å². The van der Waals surface area contributed by atoms with Crippen LogP contribution in [0.2, 0.25) is 0 Å². The van der Waals surface area contributed by atoms with Gasteiger partial charge in [0.2, 0.25) is 5.91 Å². The van der Waals surface area contributed by atoms with E-state index in [0.29, 0.717) is 19.4 Å². The largest absolute Gasteiger partial charge is 0.479 e. The molecule has 2 rings (SSSR count). The van der Waals surface area contributed by atoms with Crippen LogP contribution in [0.15, 0.2) is 0 Å². The van der Waals surface area contributed by atoms with Crippen LogP contribution >= 0.6 is 0 Å². The highest BCUT2D eigenvalue weighted by Gasteiger charge is 2.49. The normalized spacial score (nSPS) is 32.5. The molecule has 2 saturated heterocycles. The summed E-state index contributed by atoms with van der Waals surface area (Å²) in [5.74, 6) is -0.872. The van der Waals surface area contributed by atoms with Gasteiger partial charge in [-0.15, -0.1) is 0 Å². The number of carboxylic acid groups (broad SMARTS) is 1. The summed E-state index contributed by atoms with van der Waals surface area (Å²) in [6.45, 7) is 3.29. The molecule has 2 aliphatic heterocycles. The van der Waals surface area contributed by atoms with Crippen LogP contribution in [0.3, 0.4) is 0 Å². The quantitative estimate of drug-likeness (QED) is 0.788. The zero-order valence-electron chi connectivity index (χ0n) is 10.9. The van der Waals surface area contributed by atoms with Crippen LogP contribution in [0.4, 0.5) is 0 Å².